The highest BCUT2D eigenvalue weighted by Crippen LogP contribution is 2.20. The molecule has 0 bridgehead atoms. The van der Waals surface area contributed by atoms with Crippen LogP contribution in [-0.4, -0.2) is 18.4 Å². The Bertz CT molecular complexity index is 717. The Balaban J connectivity index is 1.79. The molecule has 0 fully saturated rings. The number of nitrogens with one attached hydrogen (secondary N) is 2. The van der Waals surface area contributed by atoms with Crippen LogP contribution < -0.4 is 10.6 Å². The average molecular weight is 396 g/mol. The van der Waals surface area contributed by atoms with E-state index >= 15 is 0 Å². The van der Waals surface area contributed by atoms with E-state index in [1.54, 1.807) is 24.3 Å². The summed E-state index contributed by atoms with van der Waals surface area (Å²) in [5.41, 5.74) is 2.29. The molecule has 0 spiro atoms. The fourth-order valence-corrected chi connectivity index (χ4v) is 2.31. The first kappa shape index (κ1) is 17.5. The molecule has 6 heteroatoms. The summed E-state index contributed by atoms with van der Waals surface area (Å²) in [4.78, 5) is 23.8. The van der Waals surface area contributed by atoms with E-state index in [4.69, 9.17) is 11.6 Å². The quantitative estimate of drug-likeness (QED) is 0.798. The van der Waals surface area contributed by atoms with Crippen molar-refractivity contribution in [2.75, 3.05) is 11.9 Å². The predicted molar refractivity (Wildman–Crippen MR) is 95.9 cm³/mol. The number of carbonyl (C=O) groups is 2. The number of halogens is 2. The molecule has 0 aliphatic heterocycles. The van der Waals surface area contributed by atoms with Gasteiger partial charge in [0.1, 0.15) is 0 Å². The van der Waals surface area contributed by atoms with Gasteiger partial charge in [-0.3, -0.25) is 9.59 Å². The Hall–Kier alpha value is -1.85. The maximum absolute atomic E-state index is 11.9. The maximum Gasteiger partial charge on any atom is 0.251 e. The summed E-state index contributed by atoms with van der Waals surface area (Å²) in [5.74, 6) is -0.378. The van der Waals surface area contributed by atoms with Gasteiger partial charge >= 0.3 is 0 Å². The third kappa shape index (κ3) is 5.37. The number of benzene rings is 2. The van der Waals surface area contributed by atoms with Crippen LogP contribution in [0.4, 0.5) is 5.69 Å². The molecular weight excluding hydrogens is 380 g/mol. The van der Waals surface area contributed by atoms with Gasteiger partial charge in [-0.2, -0.15) is 0 Å². The number of anilines is 1. The zero-order valence-electron chi connectivity index (χ0n) is 12.5. The first-order chi connectivity index (χ1) is 11.0. The first-order valence-electron chi connectivity index (χ1n) is 7.05. The van der Waals surface area contributed by atoms with Gasteiger partial charge < -0.3 is 10.6 Å². The molecule has 0 radical (unpaired) electrons. The van der Waals surface area contributed by atoms with Gasteiger partial charge in [-0.15, -0.1) is 0 Å². The molecule has 2 aromatic rings. The van der Waals surface area contributed by atoms with E-state index in [1.807, 2.05) is 25.1 Å². The van der Waals surface area contributed by atoms with Crippen molar-refractivity contribution < 1.29 is 9.59 Å². The van der Waals surface area contributed by atoms with E-state index in [0.29, 0.717) is 10.6 Å². The van der Waals surface area contributed by atoms with Crippen LogP contribution in [0.1, 0.15) is 22.3 Å². The van der Waals surface area contributed by atoms with E-state index in [9.17, 15) is 9.59 Å². The monoisotopic (exact) mass is 394 g/mol. The highest BCUT2D eigenvalue weighted by atomic mass is 79.9. The van der Waals surface area contributed by atoms with Gasteiger partial charge in [-0.25, -0.2) is 0 Å². The van der Waals surface area contributed by atoms with E-state index in [0.717, 1.165) is 15.7 Å². The van der Waals surface area contributed by atoms with Crippen LogP contribution in [0.3, 0.4) is 0 Å². The smallest absolute Gasteiger partial charge is 0.251 e. The molecule has 2 aromatic carbocycles. The lowest BCUT2D eigenvalue weighted by Gasteiger charge is -2.08. The van der Waals surface area contributed by atoms with Crippen molar-refractivity contribution >= 4 is 45.0 Å². The van der Waals surface area contributed by atoms with Gasteiger partial charge in [0, 0.05) is 33.7 Å². The van der Waals surface area contributed by atoms with Crippen LogP contribution in [0.5, 0.6) is 0 Å². The van der Waals surface area contributed by atoms with Gasteiger partial charge in [-0.05, 0) is 55.0 Å². The fraction of sp³-hybridized carbons (Fsp3) is 0.176. The van der Waals surface area contributed by atoms with Gasteiger partial charge in [0.2, 0.25) is 5.91 Å². The van der Waals surface area contributed by atoms with Crippen LogP contribution in [0.15, 0.2) is 46.9 Å². The third-order valence-corrected chi connectivity index (χ3v) is 4.33. The van der Waals surface area contributed by atoms with Gasteiger partial charge in [0.05, 0.1) is 0 Å². The van der Waals surface area contributed by atoms with Crippen LogP contribution in [0, 0.1) is 6.92 Å². The molecule has 0 aliphatic rings. The maximum atomic E-state index is 11.9. The molecule has 2 rings (SSSR count). The van der Waals surface area contributed by atoms with E-state index < -0.39 is 0 Å². The van der Waals surface area contributed by atoms with Crippen molar-refractivity contribution in [3.05, 3.63) is 63.1 Å². The lowest BCUT2D eigenvalue weighted by atomic mass is 10.2. The fourth-order valence-electron chi connectivity index (χ4n) is 1.94. The number of hydrogen-bond acceptors (Lipinski definition) is 2. The molecule has 2 amide bonds. The number of carbonyl (C=O) groups excluding carboxylic acids is 2. The number of hydrogen-bond donors (Lipinski definition) is 2. The Labute approximate surface area is 148 Å². The molecule has 0 heterocycles. The molecule has 2 N–H and O–H groups in total. The average Bonchev–Trinajstić information content (AvgIpc) is 2.51. The minimum Gasteiger partial charge on any atom is -0.352 e. The van der Waals surface area contributed by atoms with Crippen LogP contribution in [0.2, 0.25) is 5.02 Å². The van der Waals surface area contributed by atoms with E-state index in [1.165, 1.54) is 0 Å². The molecule has 4 nitrogen and oxygen atoms in total. The number of rotatable bonds is 5. The Morgan fingerprint density at radius 2 is 1.83 bits per heavy atom. The SMILES string of the molecule is Cc1cc(NC(=O)CCNC(=O)c2ccc(Cl)cc2)ccc1Br. The standard InChI is InChI=1S/C17H16BrClN2O2/c1-11-10-14(6-7-15(11)18)21-16(22)8-9-20-17(23)12-2-4-13(19)5-3-12/h2-7,10H,8-9H2,1H3,(H,20,23)(H,21,22). The Morgan fingerprint density at radius 1 is 1.13 bits per heavy atom. The minimum absolute atomic E-state index is 0.150. The second kappa shape index (κ2) is 8.13. The van der Waals surface area contributed by atoms with Crippen LogP contribution in [-0.2, 0) is 4.79 Å². The molecule has 0 unspecified atom stereocenters. The zero-order chi connectivity index (χ0) is 16.8. The second-order valence-electron chi connectivity index (χ2n) is 5.02. The molecule has 0 saturated heterocycles. The summed E-state index contributed by atoms with van der Waals surface area (Å²) < 4.78 is 0.991. The molecule has 0 atom stereocenters. The normalized spacial score (nSPS) is 10.2. The van der Waals surface area contributed by atoms with Crippen molar-refractivity contribution in [3.8, 4) is 0 Å². The van der Waals surface area contributed by atoms with Crippen LogP contribution >= 0.6 is 27.5 Å². The molecule has 120 valence electrons. The summed E-state index contributed by atoms with van der Waals surface area (Å²) in [6.07, 6.45) is 0.203. The number of aryl methyl sites for hydroxylation is 1. The number of amides is 2. The lowest BCUT2D eigenvalue weighted by Crippen LogP contribution is -2.27. The first-order valence-corrected chi connectivity index (χ1v) is 8.22. The van der Waals surface area contributed by atoms with Crippen molar-refractivity contribution in [2.24, 2.45) is 0 Å². The highest BCUT2D eigenvalue weighted by Gasteiger charge is 2.07. The summed E-state index contributed by atoms with van der Waals surface area (Å²) in [7, 11) is 0. The second-order valence-corrected chi connectivity index (χ2v) is 6.32. The predicted octanol–water partition coefficient (Wildman–Crippen LogP) is 4.17. The van der Waals surface area contributed by atoms with Gasteiger partial charge in [0.15, 0.2) is 0 Å². The molecule has 23 heavy (non-hydrogen) atoms. The van der Waals surface area contributed by atoms with E-state index in [2.05, 4.69) is 26.6 Å². The Kier molecular flexibility index (Phi) is 6.19. The summed E-state index contributed by atoms with van der Waals surface area (Å²) in [6, 6.07) is 12.2. The highest BCUT2D eigenvalue weighted by molar-refractivity contribution is 9.10. The van der Waals surface area contributed by atoms with Crippen LogP contribution in [0.25, 0.3) is 0 Å². The summed E-state index contributed by atoms with van der Waals surface area (Å²) >= 11 is 9.18. The topological polar surface area (TPSA) is 58.2 Å². The zero-order valence-corrected chi connectivity index (χ0v) is 14.9. The molecule has 0 aromatic heterocycles. The van der Waals surface area contributed by atoms with Crippen molar-refractivity contribution in [2.45, 2.75) is 13.3 Å². The van der Waals surface area contributed by atoms with Crippen molar-refractivity contribution in [1.82, 2.24) is 5.32 Å². The third-order valence-electron chi connectivity index (χ3n) is 3.19. The Morgan fingerprint density at radius 3 is 2.48 bits per heavy atom. The van der Waals surface area contributed by atoms with Gasteiger partial charge in [-0.1, -0.05) is 27.5 Å². The minimum atomic E-state index is -0.228. The lowest BCUT2D eigenvalue weighted by molar-refractivity contribution is -0.116. The molecular formula is C17H16BrClN2O2. The van der Waals surface area contributed by atoms with E-state index in [-0.39, 0.29) is 24.8 Å². The van der Waals surface area contributed by atoms with Gasteiger partial charge in [0.25, 0.3) is 5.91 Å². The largest absolute Gasteiger partial charge is 0.352 e. The van der Waals surface area contributed by atoms with Crippen molar-refractivity contribution in [3.63, 3.8) is 0 Å². The van der Waals surface area contributed by atoms with Crippen molar-refractivity contribution in [1.29, 1.82) is 0 Å². The molecule has 0 saturated carbocycles. The molecule has 0 aliphatic carbocycles. The summed E-state index contributed by atoms with van der Waals surface area (Å²) in [6.45, 7) is 2.22. The summed E-state index contributed by atoms with van der Waals surface area (Å²) in [5, 5.41) is 6.08.